The lowest BCUT2D eigenvalue weighted by atomic mass is 10.1. The maximum atomic E-state index is 11.1. The Balaban J connectivity index is 2.14. The van der Waals surface area contributed by atoms with Crippen LogP contribution in [0.3, 0.4) is 0 Å². The van der Waals surface area contributed by atoms with Gasteiger partial charge < -0.3 is 35.4 Å². The van der Waals surface area contributed by atoms with Crippen LogP contribution in [0, 0.1) is 0 Å². The van der Waals surface area contributed by atoms with Gasteiger partial charge >= 0.3 is 7.82 Å². The molecule has 0 aliphatic carbocycles. The fraction of sp³-hybridized carbons (Fsp3) is 0.500. The number of aliphatic hydroxyl groups is 2. The van der Waals surface area contributed by atoms with Crippen LogP contribution in [-0.4, -0.2) is 55.5 Å². The largest absolute Gasteiger partial charge is 0.472 e. The number of hydrogen-bond donors (Lipinski definition) is 5. The molecule has 2 aliphatic rings. The second-order valence-corrected chi connectivity index (χ2v) is 5.72. The van der Waals surface area contributed by atoms with Crippen molar-refractivity contribution in [3.8, 4) is 0 Å². The molecule has 0 radical (unpaired) electrons. The summed E-state index contributed by atoms with van der Waals surface area (Å²) in [7, 11) is -4.90. The topological polar surface area (TPSA) is 163 Å². The Bertz CT molecular complexity index is 529. The molecule has 2 rings (SSSR count). The molecule has 2 aliphatic heterocycles. The highest BCUT2D eigenvalue weighted by Crippen LogP contribution is 2.41. The van der Waals surface area contributed by atoms with Crippen LogP contribution in [0.25, 0.3) is 0 Å². The van der Waals surface area contributed by atoms with E-state index in [1.54, 1.807) is 6.08 Å². The van der Waals surface area contributed by atoms with Gasteiger partial charge in [-0.15, -0.1) is 0 Å². The Hall–Kier alpha value is -1.26. The number of carbonyl (C=O) groups excluding carboxylic acids is 1. The minimum Gasteiger partial charge on any atom is -0.385 e. The molecule has 0 saturated carbocycles. The number of amides is 1. The Morgan fingerprint density at radius 1 is 1.43 bits per heavy atom. The van der Waals surface area contributed by atoms with Gasteiger partial charge in [-0.05, 0) is 6.42 Å². The number of phosphoric ester groups is 1. The summed E-state index contributed by atoms with van der Waals surface area (Å²) in [6.07, 6.45) is -1.36. The molecule has 0 aromatic carbocycles. The molecule has 1 saturated heterocycles. The van der Waals surface area contributed by atoms with Crippen molar-refractivity contribution >= 4 is 13.7 Å². The molecule has 6 N–H and O–H groups in total. The van der Waals surface area contributed by atoms with Crippen LogP contribution in [0.15, 0.2) is 24.0 Å². The van der Waals surface area contributed by atoms with Gasteiger partial charge in [0.2, 0.25) is 5.91 Å². The van der Waals surface area contributed by atoms with Gasteiger partial charge in [-0.3, -0.25) is 9.32 Å². The van der Waals surface area contributed by atoms with Gasteiger partial charge in [0.15, 0.2) is 12.5 Å². The maximum Gasteiger partial charge on any atom is 0.472 e. The van der Waals surface area contributed by atoms with Gasteiger partial charge in [-0.2, -0.15) is 0 Å². The molecule has 0 spiro atoms. The van der Waals surface area contributed by atoms with Crippen molar-refractivity contribution in [1.29, 1.82) is 0 Å². The first kappa shape index (κ1) is 16.1. The third kappa shape index (κ3) is 3.69. The molecule has 0 bridgehead atoms. The number of nitrogens with zero attached hydrogens (tertiary/aromatic N) is 1. The number of rotatable bonds is 4. The summed E-state index contributed by atoms with van der Waals surface area (Å²) >= 11 is 0. The van der Waals surface area contributed by atoms with E-state index in [4.69, 9.17) is 20.3 Å². The number of primary amides is 1. The molecule has 10 nitrogen and oxygen atoms in total. The summed E-state index contributed by atoms with van der Waals surface area (Å²) in [6.45, 7) is 0. The summed E-state index contributed by atoms with van der Waals surface area (Å²) in [5, 5.41) is 19.6. The lowest BCUT2D eigenvalue weighted by molar-refractivity contribution is -0.139. The van der Waals surface area contributed by atoms with Gasteiger partial charge in [0.05, 0.1) is 0 Å². The highest BCUT2D eigenvalue weighted by atomic mass is 31.2. The number of hydrogen-bond acceptors (Lipinski definition) is 7. The van der Waals surface area contributed by atoms with Crippen molar-refractivity contribution in [3.63, 3.8) is 0 Å². The highest BCUT2D eigenvalue weighted by molar-refractivity contribution is 7.46. The van der Waals surface area contributed by atoms with Crippen molar-refractivity contribution in [2.24, 2.45) is 5.73 Å². The number of allylic oxidation sites excluding steroid dienone is 1. The van der Waals surface area contributed by atoms with Crippen LogP contribution in [0.1, 0.15) is 6.42 Å². The molecule has 118 valence electrons. The molecule has 1 unspecified atom stereocenters. The van der Waals surface area contributed by atoms with E-state index >= 15 is 0 Å². The van der Waals surface area contributed by atoms with Crippen LogP contribution in [0.4, 0.5) is 0 Å². The lowest BCUT2D eigenvalue weighted by Crippen LogP contribution is -2.40. The summed E-state index contributed by atoms with van der Waals surface area (Å²) < 4.78 is 20.1. The monoisotopic (exact) mass is 322 g/mol. The molecule has 2 heterocycles. The minimum absolute atomic E-state index is 0.252. The minimum atomic E-state index is -4.90. The van der Waals surface area contributed by atoms with Gasteiger partial charge in [0, 0.05) is 18.0 Å². The zero-order valence-electron chi connectivity index (χ0n) is 10.6. The fourth-order valence-electron chi connectivity index (χ4n) is 2.00. The maximum absolute atomic E-state index is 11.1. The van der Waals surface area contributed by atoms with Crippen molar-refractivity contribution in [2.75, 3.05) is 0 Å². The second-order valence-electron chi connectivity index (χ2n) is 4.53. The van der Waals surface area contributed by atoms with E-state index in [1.807, 2.05) is 0 Å². The first-order chi connectivity index (χ1) is 9.69. The quantitative estimate of drug-likeness (QED) is 0.371. The predicted octanol–water partition coefficient (Wildman–Crippen LogP) is -1.91. The summed E-state index contributed by atoms with van der Waals surface area (Å²) in [4.78, 5) is 29.8. The van der Waals surface area contributed by atoms with Crippen LogP contribution in [-0.2, 0) is 18.6 Å². The van der Waals surface area contributed by atoms with E-state index in [0.29, 0.717) is 6.42 Å². The number of carbonyl (C=O) groups is 1. The first-order valence-electron chi connectivity index (χ1n) is 5.89. The smallest absolute Gasteiger partial charge is 0.385 e. The average molecular weight is 322 g/mol. The van der Waals surface area contributed by atoms with E-state index < -0.39 is 38.5 Å². The lowest BCUT2D eigenvalue weighted by Gasteiger charge is -2.28. The van der Waals surface area contributed by atoms with Gasteiger partial charge in [0.1, 0.15) is 12.2 Å². The van der Waals surface area contributed by atoms with Crippen molar-refractivity contribution in [2.45, 2.75) is 31.1 Å². The summed E-state index contributed by atoms with van der Waals surface area (Å²) in [6, 6.07) is 0. The molecule has 0 aromatic rings. The van der Waals surface area contributed by atoms with Crippen LogP contribution < -0.4 is 5.73 Å². The van der Waals surface area contributed by atoms with Gasteiger partial charge in [0.25, 0.3) is 0 Å². The number of ether oxygens (including phenoxy) is 1. The number of phosphoric acid groups is 1. The van der Waals surface area contributed by atoms with E-state index in [-0.39, 0.29) is 5.57 Å². The Kier molecular flexibility index (Phi) is 4.49. The zero-order chi connectivity index (χ0) is 15.8. The first-order valence-corrected chi connectivity index (χ1v) is 7.42. The molecule has 1 amide bonds. The molecule has 11 heteroatoms. The van der Waals surface area contributed by atoms with E-state index in [0.717, 1.165) is 0 Å². The van der Waals surface area contributed by atoms with Crippen molar-refractivity contribution in [3.05, 3.63) is 24.0 Å². The molecule has 21 heavy (non-hydrogen) atoms. The van der Waals surface area contributed by atoms with Crippen molar-refractivity contribution < 1.29 is 38.6 Å². The van der Waals surface area contributed by atoms with Crippen LogP contribution >= 0.6 is 7.82 Å². The SMILES string of the molecule is NC(=O)C1=CN([C@@H]2O[C@H](OP(=O)(O)O)C(O)[C@@H]2O)C=CC1. The van der Waals surface area contributed by atoms with Crippen LogP contribution in [0.5, 0.6) is 0 Å². The Morgan fingerprint density at radius 3 is 2.67 bits per heavy atom. The van der Waals surface area contributed by atoms with E-state index in [9.17, 15) is 19.6 Å². The molecule has 0 aromatic heterocycles. The third-order valence-corrected chi connectivity index (χ3v) is 3.45. The van der Waals surface area contributed by atoms with Gasteiger partial charge in [-0.1, -0.05) is 6.08 Å². The molecule has 1 fully saturated rings. The van der Waals surface area contributed by atoms with Crippen LogP contribution in [0.2, 0.25) is 0 Å². The Morgan fingerprint density at radius 2 is 2.10 bits per heavy atom. The van der Waals surface area contributed by atoms with Crippen molar-refractivity contribution in [1.82, 2.24) is 4.90 Å². The van der Waals surface area contributed by atoms with E-state index in [2.05, 4.69) is 4.52 Å². The highest BCUT2D eigenvalue weighted by Gasteiger charge is 2.48. The summed E-state index contributed by atoms with van der Waals surface area (Å²) in [5.41, 5.74) is 5.40. The third-order valence-electron chi connectivity index (χ3n) is 2.97. The zero-order valence-corrected chi connectivity index (χ0v) is 11.5. The molecular weight excluding hydrogens is 307 g/mol. The number of aliphatic hydroxyl groups excluding tert-OH is 2. The summed E-state index contributed by atoms with van der Waals surface area (Å²) in [5.74, 6) is -0.652. The fourth-order valence-corrected chi connectivity index (χ4v) is 2.44. The standard InChI is InChI=1S/C10H15N2O8P/c11-8(15)5-2-1-3-12(4-5)9-6(13)7(14)10(19-9)20-21(16,17)18/h1,3-4,6-7,9-10,13-14H,2H2,(H2,11,15)(H2,16,17,18)/t6-,7?,9+,10+/m0/s1. The molecule has 4 atom stereocenters. The average Bonchev–Trinajstić information content (AvgIpc) is 2.65. The Labute approximate surface area is 119 Å². The van der Waals surface area contributed by atoms with Gasteiger partial charge in [-0.25, -0.2) is 4.57 Å². The molecular formula is C10H15N2O8P. The second kappa shape index (κ2) is 5.85. The normalized spacial score (nSPS) is 33.1. The predicted molar refractivity (Wildman–Crippen MR) is 66.7 cm³/mol. The van der Waals surface area contributed by atoms with E-state index in [1.165, 1.54) is 17.3 Å². The number of nitrogens with two attached hydrogens (primary N) is 1.